The lowest BCUT2D eigenvalue weighted by atomic mass is 10.2. The maximum absolute atomic E-state index is 8.62. The lowest BCUT2D eigenvalue weighted by Gasteiger charge is -1.90. The monoisotopic (exact) mass is 193 g/mol. The van der Waals surface area contributed by atoms with Crippen LogP contribution < -0.4 is 5.73 Å². The Morgan fingerprint density at radius 2 is 2.31 bits per heavy atom. The van der Waals surface area contributed by atoms with Crippen LogP contribution in [-0.4, -0.2) is 4.98 Å². The lowest BCUT2D eigenvalue weighted by Crippen LogP contribution is -1.85. The smallest absolute Gasteiger partial charge is 0.227 e. The molecule has 0 aliphatic heterocycles. The van der Waals surface area contributed by atoms with Crippen molar-refractivity contribution in [2.24, 2.45) is 0 Å². The molecular weight excluding hydrogens is 190 g/mol. The van der Waals surface area contributed by atoms with E-state index in [1.54, 1.807) is 0 Å². The zero-order valence-corrected chi connectivity index (χ0v) is 7.17. The van der Waals surface area contributed by atoms with E-state index in [0.717, 1.165) is 0 Å². The van der Waals surface area contributed by atoms with E-state index >= 15 is 0 Å². The van der Waals surface area contributed by atoms with E-state index in [2.05, 4.69) is 4.98 Å². The van der Waals surface area contributed by atoms with Crippen molar-refractivity contribution < 1.29 is 4.42 Å². The Labute approximate surface area is 78.5 Å². The maximum atomic E-state index is 8.62. The van der Waals surface area contributed by atoms with Gasteiger partial charge in [0.05, 0.1) is 22.3 Å². The summed E-state index contributed by atoms with van der Waals surface area (Å²) in [5.74, 6) is 0.0740. The van der Waals surface area contributed by atoms with Gasteiger partial charge < -0.3 is 10.2 Å². The summed E-state index contributed by atoms with van der Waals surface area (Å²) in [6.07, 6.45) is 2.93. The van der Waals surface area contributed by atoms with Gasteiger partial charge in [-0.2, -0.15) is 5.26 Å². The van der Waals surface area contributed by atoms with Crippen molar-refractivity contribution in [1.29, 1.82) is 5.26 Å². The molecule has 0 amide bonds. The number of rotatable bonds is 0. The van der Waals surface area contributed by atoms with Crippen molar-refractivity contribution in [3.63, 3.8) is 0 Å². The average molecular weight is 194 g/mol. The van der Waals surface area contributed by atoms with E-state index in [9.17, 15) is 0 Å². The Kier molecular flexibility index (Phi) is 1.61. The normalized spacial score (nSPS) is 10.2. The van der Waals surface area contributed by atoms with E-state index in [1.165, 1.54) is 12.4 Å². The van der Waals surface area contributed by atoms with Crippen molar-refractivity contribution >= 4 is 28.3 Å². The summed E-state index contributed by atoms with van der Waals surface area (Å²) in [6.45, 7) is 0. The highest BCUT2D eigenvalue weighted by Gasteiger charge is 2.13. The Morgan fingerprint density at radius 1 is 1.54 bits per heavy atom. The van der Waals surface area contributed by atoms with Gasteiger partial charge in [-0.1, -0.05) is 11.6 Å². The van der Waals surface area contributed by atoms with Crippen molar-refractivity contribution in [3.8, 4) is 6.07 Å². The van der Waals surface area contributed by atoms with Crippen LogP contribution in [0.4, 0.5) is 5.69 Å². The van der Waals surface area contributed by atoms with Gasteiger partial charge in [-0.15, -0.1) is 0 Å². The van der Waals surface area contributed by atoms with Crippen LogP contribution in [-0.2, 0) is 0 Å². The van der Waals surface area contributed by atoms with Gasteiger partial charge in [0.2, 0.25) is 5.76 Å². The topological polar surface area (TPSA) is 75.8 Å². The van der Waals surface area contributed by atoms with Crippen LogP contribution in [0.15, 0.2) is 16.8 Å². The number of fused-ring (bicyclic) bond motifs is 1. The molecule has 2 heterocycles. The van der Waals surface area contributed by atoms with Crippen molar-refractivity contribution in [2.75, 3.05) is 5.73 Å². The third-order valence-corrected chi connectivity index (χ3v) is 1.98. The number of anilines is 1. The quantitative estimate of drug-likeness (QED) is 0.694. The molecule has 0 bridgehead atoms. The van der Waals surface area contributed by atoms with Gasteiger partial charge in [0.25, 0.3) is 0 Å². The van der Waals surface area contributed by atoms with Gasteiger partial charge in [-0.25, -0.2) is 0 Å². The molecule has 5 heteroatoms. The van der Waals surface area contributed by atoms with Gasteiger partial charge in [-0.3, -0.25) is 4.98 Å². The second-order valence-corrected chi connectivity index (χ2v) is 2.86. The molecule has 0 saturated carbocycles. The molecule has 0 fully saturated rings. The molecule has 64 valence electrons. The highest BCUT2D eigenvalue weighted by atomic mass is 35.5. The summed E-state index contributed by atoms with van der Waals surface area (Å²) < 4.78 is 5.10. The highest BCUT2D eigenvalue weighted by Crippen LogP contribution is 2.32. The summed E-state index contributed by atoms with van der Waals surface area (Å²) in [5.41, 5.74) is 6.32. The largest absolute Gasteiger partial charge is 0.442 e. The molecule has 4 nitrogen and oxygen atoms in total. The first-order valence-corrected chi connectivity index (χ1v) is 3.83. The molecule has 2 rings (SSSR count). The number of nitriles is 1. The van der Waals surface area contributed by atoms with E-state index < -0.39 is 0 Å². The molecule has 0 radical (unpaired) electrons. The Morgan fingerprint density at radius 3 is 2.92 bits per heavy atom. The molecule has 0 saturated heterocycles. The van der Waals surface area contributed by atoms with Crippen molar-refractivity contribution in [3.05, 3.63) is 23.2 Å². The zero-order valence-electron chi connectivity index (χ0n) is 6.41. The van der Waals surface area contributed by atoms with E-state index in [-0.39, 0.29) is 11.4 Å². The number of hydrogen-bond acceptors (Lipinski definition) is 4. The molecule has 0 spiro atoms. The summed E-state index contributed by atoms with van der Waals surface area (Å²) in [6, 6.07) is 1.83. The number of nitrogen functional groups attached to an aromatic ring is 1. The Balaban J connectivity index is 2.95. The summed E-state index contributed by atoms with van der Waals surface area (Å²) >= 11 is 5.82. The van der Waals surface area contributed by atoms with Gasteiger partial charge in [-0.05, 0) is 0 Å². The standard InChI is InChI=1S/C8H4ClN3O/c9-4-2-12-3-6-7(4)8(11)5(1-10)13-6/h2-3H,11H2. The van der Waals surface area contributed by atoms with Crippen LogP contribution in [0.1, 0.15) is 5.76 Å². The van der Waals surface area contributed by atoms with E-state index in [1.807, 2.05) is 6.07 Å². The number of pyridine rings is 1. The van der Waals surface area contributed by atoms with E-state index in [0.29, 0.717) is 16.0 Å². The number of nitrogens with zero attached hydrogens (tertiary/aromatic N) is 2. The van der Waals surface area contributed by atoms with Crippen LogP contribution >= 0.6 is 11.6 Å². The minimum Gasteiger partial charge on any atom is -0.442 e. The molecule has 13 heavy (non-hydrogen) atoms. The predicted octanol–water partition coefficient (Wildman–Crippen LogP) is 1.94. The van der Waals surface area contributed by atoms with Crippen molar-refractivity contribution in [1.82, 2.24) is 4.98 Å². The molecule has 0 unspecified atom stereocenters. The lowest BCUT2D eigenvalue weighted by molar-refractivity contribution is 0.599. The zero-order chi connectivity index (χ0) is 9.42. The first-order valence-electron chi connectivity index (χ1n) is 3.45. The number of hydrogen-bond donors (Lipinski definition) is 1. The molecular formula is C8H4ClN3O. The third-order valence-electron chi connectivity index (χ3n) is 1.69. The third kappa shape index (κ3) is 1.02. The van der Waals surface area contributed by atoms with Crippen LogP contribution in [0.5, 0.6) is 0 Å². The van der Waals surface area contributed by atoms with Crippen LogP contribution in [0.2, 0.25) is 5.02 Å². The predicted molar refractivity (Wildman–Crippen MR) is 48.1 cm³/mol. The minimum absolute atomic E-state index is 0.0740. The number of nitrogens with two attached hydrogens (primary N) is 1. The maximum Gasteiger partial charge on any atom is 0.227 e. The number of aromatic nitrogens is 1. The molecule has 0 aliphatic carbocycles. The van der Waals surface area contributed by atoms with Gasteiger partial charge >= 0.3 is 0 Å². The molecule has 0 aromatic carbocycles. The van der Waals surface area contributed by atoms with Crippen molar-refractivity contribution in [2.45, 2.75) is 0 Å². The van der Waals surface area contributed by atoms with Crippen LogP contribution in [0.3, 0.4) is 0 Å². The Hall–Kier alpha value is -1.73. The van der Waals surface area contributed by atoms with Crippen LogP contribution in [0.25, 0.3) is 11.0 Å². The average Bonchev–Trinajstić information content (AvgIpc) is 2.44. The molecule has 2 aromatic heterocycles. The number of furan rings is 1. The summed E-state index contributed by atoms with van der Waals surface area (Å²) in [5, 5.41) is 9.56. The first kappa shape index (κ1) is 7.90. The van der Waals surface area contributed by atoms with E-state index in [4.69, 9.17) is 27.0 Å². The number of halogens is 1. The Bertz CT molecular complexity index is 512. The van der Waals surface area contributed by atoms with Gasteiger partial charge in [0.1, 0.15) is 6.07 Å². The molecule has 2 N–H and O–H groups in total. The summed E-state index contributed by atoms with van der Waals surface area (Å²) in [7, 11) is 0. The minimum atomic E-state index is 0.0740. The summed E-state index contributed by atoms with van der Waals surface area (Å²) in [4.78, 5) is 3.81. The van der Waals surface area contributed by atoms with Gasteiger partial charge in [0, 0.05) is 6.20 Å². The highest BCUT2D eigenvalue weighted by molar-refractivity contribution is 6.36. The fraction of sp³-hybridized carbons (Fsp3) is 0. The first-order chi connectivity index (χ1) is 6.24. The fourth-order valence-corrected chi connectivity index (χ4v) is 1.37. The van der Waals surface area contributed by atoms with Crippen LogP contribution in [0, 0.1) is 11.3 Å². The molecule has 0 atom stereocenters. The SMILES string of the molecule is N#Cc1oc2cncc(Cl)c2c1N. The fourth-order valence-electron chi connectivity index (χ4n) is 1.12. The molecule has 2 aromatic rings. The molecule has 0 aliphatic rings. The van der Waals surface area contributed by atoms with Gasteiger partial charge in [0.15, 0.2) is 5.58 Å². The second kappa shape index (κ2) is 2.64. The second-order valence-electron chi connectivity index (χ2n) is 2.45.